The molecular weight excluding hydrogens is 382 g/mol. The highest BCUT2D eigenvalue weighted by Crippen LogP contribution is 2.34. The average molecular weight is 406 g/mol. The minimum absolute atomic E-state index is 0.0711. The Morgan fingerprint density at radius 1 is 1.14 bits per heavy atom. The zero-order valence-corrected chi connectivity index (χ0v) is 17.2. The molecule has 148 valence electrons. The molecule has 1 fully saturated rings. The Bertz CT molecular complexity index is 1030. The molecule has 0 aliphatic carbocycles. The van der Waals surface area contributed by atoms with E-state index >= 15 is 0 Å². The lowest BCUT2D eigenvalue weighted by Gasteiger charge is -2.33. The van der Waals surface area contributed by atoms with Gasteiger partial charge < -0.3 is 9.80 Å². The van der Waals surface area contributed by atoms with Gasteiger partial charge in [-0.1, -0.05) is 6.07 Å². The molecule has 2 aliphatic rings. The van der Waals surface area contributed by atoms with Gasteiger partial charge >= 0.3 is 0 Å². The molecule has 2 aliphatic heterocycles. The lowest BCUT2D eigenvalue weighted by molar-refractivity contribution is -0.122. The second-order valence-corrected chi connectivity index (χ2v) is 8.71. The maximum atomic E-state index is 13.2. The van der Waals surface area contributed by atoms with E-state index in [9.17, 15) is 4.79 Å². The number of hydrogen-bond acceptors (Lipinski definition) is 6. The summed E-state index contributed by atoms with van der Waals surface area (Å²) < 4.78 is 0. The summed E-state index contributed by atoms with van der Waals surface area (Å²) in [6.07, 6.45) is 6.14. The summed E-state index contributed by atoms with van der Waals surface area (Å²) in [5.74, 6) is 1.09. The summed E-state index contributed by atoms with van der Waals surface area (Å²) in [6, 6.07) is 8.21. The average Bonchev–Trinajstić information content (AvgIpc) is 3.40. The molecule has 0 unspecified atom stereocenters. The van der Waals surface area contributed by atoms with Gasteiger partial charge in [-0.2, -0.15) is 0 Å². The maximum absolute atomic E-state index is 13.2. The summed E-state index contributed by atoms with van der Waals surface area (Å²) in [6.45, 7) is 4.44. The monoisotopic (exact) mass is 405 g/mol. The van der Waals surface area contributed by atoms with Gasteiger partial charge in [0, 0.05) is 54.6 Å². The fourth-order valence-electron chi connectivity index (χ4n) is 4.29. The third kappa shape index (κ3) is 3.51. The minimum Gasteiger partial charge on any atom is -0.341 e. The van der Waals surface area contributed by atoms with E-state index in [0.29, 0.717) is 0 Å². The van der Waals surface area contributed by atoms with Crippen molar-refractivity contribution in [2.45, 2.75) is 26.2 Å². The number of rotatable bonds is 3. The van der Waals surface area contributed by atoms with E-state index in [2.05, 4.69) is 43.4 Å². The number of carbonyl (C=O) groups excluding carboxylic acids is 1. The van der Waals surface area contributed by atoms with Crippen molar-refractivity contribution in [1.82, 2.24) is 15.0 Å². The number of anilines is 2. The number of hydrogen-bond donors (Lipinski definition) is 0. The van der Waals surface area contributed by atoms with Gasteiger partial charge in [0.25, 0.3) is 0 Å². The number of aromatic nitrogens is 3. The molecule has 0 bridgehead atoms. The molecule has 0 saturated carbocycles. The second-order valence-electron chi connectivity index (χ2n) is 7.65. The number of amides is 1. The van der Waals surface area contributed by atoms with Gasteiger partial charge in [-0.05, 0) is 49.9 Å². The molecule has 4 heterocycles. The van der Waals surface area contributed by atoms with Crippen LogP contribution in [0.3, 0.4) is 0 Å². The van der Waals surface area contributed by atoms with Gasteiger partial charge in [-0.15, -0.1) is 11.3 Å². The van der Waals surface area contributed by atoms with E-state index in [0.717, 1.165) is 66.8 Å². The Hall–Kier alpha value is -2.80. The van der Waals surface area contributed by atoms with Gasteiger partial charge in [0.2, 0.25) is 11.9 Å². The van der Waals surface area contributed by atoms with Gasteiger partial charge in [-0.3, -0.25) is 4.79 Å². The molecule has 5 rings (SSSR count). The fraction of sp³-hybridized carbons (Fsp3) is 0.364. The number of fused-ring (bicyclic) bond motifs is 1. The molecule has 6 nitrogen and oxygen atoms in total. The number of aryl methyl sites for hydroxylation is 1. The van der Waals surface area contributed by atoms with Crippen LogP contribution < -0.4 is 9.80 Å². The lowest BCUT2D eigenvalue weighted by Crippen LogP contribution is -2.42. The third-order valence-electron chi connectivity index (χ3n) is 5.84. The Morgan fingerprint density at radius 3 is 2.66 bits per heavy atom. The molecule has 1 saturated heterocycles. The first-order chi connectivity index (χ1) is 14.2. The highest BCUT2D eigenvalue weighted by Gasteiger charge is 2.33. The van der Waals surface area contributed by atoms with Crippen molar-refractivity contribution in [3.63, 3.8) is 0 Å². The quantitative estimate of drug-likeness (QED) is 0.665. The molecule has 1 aromatic carbocycles. The summed E-state index contributed by atoms with van der Waals surface area (Å²) >= 11 is 1.67. The SMILES string of the molecule is Cc1nc(-c2ccc3c(c2)CCN3C(=O)C2CCN(c3ncccn3)CC2)cs1. The molecule has 0 radical (unpaired) electrons. The molecule has 29 heavy (non-hydrogen) atoms. The second kappa shape index (κ2) is 7.55. The highest BCUT2D eigenvalue weighted by atomic mass is 32.1. The first kappa shape index (κ1) is 18.2. The predicted molar refractivity (Wildman–Crippen MR) is 115 cm³/mol. The first-order valence-corrected chi connectivity index (χ1v) is 11.0. The zero-order valence-electron chi connectivity index (χ0n) is 16.4. The van der Waals surface area contributed by atoms with Crippen LogP contribution in [0.1, 0.15) is 23.4 Å². The van der Waals surface area contributed by atoms with E-state index in [-0.39, 0.29) is 11.8 Å². The number of piperidine rings is 1. The summed E-state index contributed by atoms with van der Waals surface area (Å²) in [4.78, 5) is 30.6. The van der Waals surface area contributed by atoms with Crippen LogP contribution in [0.4, 0.5) is 11.6 Å². The van der Waals surface area contributed by atoms with Crippen molar-refractivity contribution in [1.29, 1.82) is 0 Å². The van der Waals surface area contributed by atoms with E-state index in [1.54, 1.807) is 23.7 Å². The van der Waals surface area contributed by atoms with Crippen LogP contribution in [0.25, 0.3) is 11.3 Å². The molecule has 0 N–H and O–H groups in total. The molecule has 1 amide bonds. The maximum Gasteiger partial charge on any atom is 0.230 e. The van der Waals surface area contributed by atoms with Crippen molar-refractivity contribution in [2.75, 3.05) is 29.4 Å². The van der Waals surface area contributed by atoms with Gasteiger partial charge in [-0.25, -0.2) is 15.0 Å². The number of thiazole rings is 1. The number of benzene rings is 1. The van der Waals surface area contributed by atoms with Gasteiger partial charge in [0.15, 0.2) is 0 Å². The lowest BCUT2D eigenvalue weighted by atomic mass is 9.95. The zero-order chi connectivity index (χ0) is 19.8. The summed E-state index contributed by atoms with van der Waals surface area (Å²) in [5, 5.41) is 3.17. The van der Waals surface area contributed by atoms with Crippen molar-refractivity contribution >= 4 is 28.9 Å². The Labute approximate surface area is 174 Å². The summed E-state index contributed by atoms with van der Waals surface area (Å²) in [7, 11) is 0. The molecule has 3 aromatic rings. The first-order valence-electron chi connectivity index (χ1n) is 10.1. The highest BCUT2D eigenvalue weighted by molar-refractivity contribution is 7.09. The van der Waals surface area contributed by atoms with Gasteiger partial charge in [0.05, 0.1) is 10.7 Å². The topological polar surface area (TPSA) is 62.2 Å². The van der Waals surface area contributed by atoms with Crippen molar-refractivity contribution in [2.24, 2.45) is 5.92 Å². The van der Waals surface area contributed by atoms with Crippen LogP contribution in [-0.2, 0) is 11.2 Å². The normalized spacial score (nSPS) is 16.9. The number of nitrogens with zero attached hydrogens (tertiary/aromatic N) is 5. The fourth-order valence-corrected chi connectivity index (χ4v) is 4.91. The Morgan fingerprint density at radius 2 is 1.93 bits per heavy atom. The molecule has 2 aromatic heterocycles. The van der Waals surface area contributed by atoms with Crippen LogP contribution in [0.15, 0.2) is 42.0 Å². The Kier molecular flexibility index (Phi) is 4.75. The van der Waals surface area contributed by atoms with Crippen molar-refractivity contribution in [3.05, 3.63) is 52.6 Å². The Balaban J connectivity index is 1.28. The minimum atomic E-state index is 0.0711. The molecule has 0 atom stereocenters. The van der Waals surface area contributed by atoms with Crippen LogP contribution in [0.5, 0.6) is 0 Å². The van der Waals surface area contributed by atoms with Crippen molar-refractivity contribution in [3.8, 4) is 11.3 Å². The molecule has 0 spiro atoms. The third-order valence-corrected chi connectivity index (χ3v) is 6.61. The standard InChI is InChI=1S/C22H23N5OS/c1-15-25-19(14-29-15)17-3-4-20-18(13-17)7-12-27(20)21(28)16-5-10-26(11-6-16)22-23-8-2-9-24-22/h2-4,8-9,13-14,16H,5-7,10-12H2,1H3. The van der Waals surface area contributed by atoms with E-state index in [1.165, 1.54) is 5.56 Å². The van der Waals surface area contributed by atoms with Crippen LogP contribution in [0.2, 0.25) is 0 Å². The van der Waals surface area contributed by atoms with Crippen LogP contribution in [0, 0.1) is 12.8 Å². The smallest absolute Gasteiger partial charge is 0.230 e. The van der Waals surface area contributed by atoms with E-state index in [1.807, 2.05) is 17.9 Å². The predicted octanol–water partition coefficient (Wildman–Crippen LogP) is 3.71. The van der Waals surface area contributed by atoms with E-state index < -0.39 is 0 Å². The van der Waals surface area contributed by atoms with E-state index in [4.69, 9.17) is 0 Å². The molecular formula is C22H23N5OS. The number of carbonyl (C=O) groups is 1. The summed E-state index contributed by atoms with van der Waals surface area (Å²) in [5.41, 5.74) is 4.48. The van der Waals surface area contributed by atoms with Crippen LogP contribution in [-0.4, -0.2) is 40.5 Å². The molecule has 7 heteroatoms. The largest absolute Gasteiger partial charge is 0.341 e. The van der Waals surface area contributed by atoms with Crippen molar-refractivity contribution < 1.29 is 4.79 Å². The van der Waals surface area contributed by atoms with Gasteiger partial charge in [0.1, 0.15) is 0 Å². The van der Waals surface area contributed by atoms with Crippen LogP contribution >= 0.6 is 11.3 Å².